The number of carbonyl (C=O) groups is 2. The molecule has 1 radical (unpaired) electrons. The van der Waals surface area contributed by atoms with Crippen molar-refractivity contribution in [1.82, 2.24) is 5.32 Å². The van der Waals surface area contributed by atoms with Crippen LogP contribution in [0.3, 0.4) is 0 Å². The first-order valence-corrected chi connectivity index (χ1v) is 15.3. The van der Waals surface area contributed by atoms with E-state index in [4.69, 9.17) is 0 Å². The van der Waals surface area contributed by atoms with E-state index in [1.54, 1.807) is 0 Å². The molecule has 1 amide bonds. The topological polar surface area (TPSA) is 147 Å². The second kappa shape index (κ2) is 19.7. The summed E-state index contributed by atoms with van der Waals surface area (Å²) in [5.74, 6) is -2.39. The van der Waals surface area contributed by atoms with E-state index in [1.165, 1.54) is 90.3 Å². The van der Waals surface area contributed by atoms with Gasteiger partial charge in [0.05, 0.1) is 28.4 Å². The van der Waals surface area contributed by atoms with Crippen LogP contribution in [0.1, 0.15) is 105 Å². The number of aliphatic carboxylic acids is 1. The van der Waals surface area contributed by atoms with Crippen LogP contribution >= 0.6 is 11.8 Å². The van der Waals surface area contributed by atoms with Crippen molar-refractivity contribution >= 4 is 33.8 Å². The molecule has 2 unspecified atom stereocenters. The molecule has 2 N–H and O–H groups in total. The molecule has 0 aromatic heterocycles. The first-order chi connectivity index (χ1) is 16.3. The van der Waals surface area contributed by atoms with Crippen LogP contribution in [-0.2, 0) is 19.7 Å². The van der Waals surface area contributed by atoms with Crippen LogP contribution in [0.5, 0.6) is 0 Å². The van der Waals surface area contributed by atoms with E-state index >= 15 is 0 Å². The average molecular weight is 556 g/mol. The third-order valence-electron chi connectivity index (χ3n) is 5.84. The summed E-state index contributed by atoms with van der Waals surface area (Å²) in [6.07, 6.45) is 15.4. The quantitative estimate of drug-likeness (QED) is 0.124. The minimum Gasteiger partial charge on any atom is -0.748 e. The van der Waals surface area contributed by atoms with Gasteiger partial charge in [-0.05, 0) is 32.9 Å². The zero-order valence-electron chi connectivity index (χ0n) is 22.8. The maximum atomic E-state index is 12.4. The molecule has 0 aliphatic carbocycles. The van der Waals surface area contributed by atoms with Gasteiger partial charge in [0.2, 0.25) is 5.91 Å². The Morgan fingerprint density at radius 3 is 1.83 bits per heavy atom. The molecule has 36 heavy (non-hydrogen) atoms. The van der Waals surface area contributed by atoms with Crippen LogP contribution in [0, 0.1) is 23.2 Å². The van der Waals surface area contributed by atoms with E-state index in [1.807, 2.05) is 6.07 Å². The predicted molar refractivity (Wildman–Crippen MR) is 140 cm³/mol. The predicted octanol–water partition coefficient (Wildman–Crippen LogP) is 2.05. The Morgan fingerprint density at radius 1 is 1.00 bits per heavy atom. The molecule has 0 fully saturated rings. The fraction of sp³-hybridized carbons (Fsp3) is 0.840. The van der Waals surface area contributed by atoms with Crippen molar-refractivity contribution in [3.8, 4) is 6.07 Å². The number of hydrogen-bond acceptors (Lipinski definition) is 7. The fourth-order valence-corrected chi connectivity index (χ4v) is 6.01. The Labute approximate surface area is 245 Å². The summed E-state index contributed by atoms with van der Waals surface area (Å²) in [6, 6.07) is 2.00. The SMILES string of the molecule is CCCCCCCCCCCCCCSC(C#N)C(C)([CH]C(=O)NC(C)(C)CS(=O)(=O)[O-])C(=O)O.[Na+]. The van der Waals surface area contributed by atoms with E-state index in [0.29, 0.717) is 5.75 Å². The van der Waals surface area contributed by atoms with Crippen molar-refractivity contribution < 1.29 is 57.2 Å². The van der Waals surface area contributed by atoms with Gasteiger partial charge >= 0.3 is 35.5 Å². The summed E-state index contributed by atoms with van der Waals surface area (Å²) < 4.78 is 33.1. The van der Waals surface area contributed by atoms with Crippen molar-refractivity contribution in [2.75, 3.05) is 11.5 Å². The largest absolute Gasteiger partial charge is 1.00 e. The second-order valence-electron chi connectivity index (χ2n) is 10.1. The first-order valence-electron chi connectivity index (χ1n) is 12.6. The molecule has 0 heterocycles. The van der Waals surface area contributed by atoms with Crippen molar-refractivity contribution in [3.05, 3.63) is 6.42 Å². The van der Waals surface area contributed by atoms with Crippen LogP contribution in [0.4, 0.5) is 0 Å². The van der Waals surface area contributed by atoms with E-state index < -0.39 is 44.0 Å². The van der Waals surface area contributed by atoms with E-state index in [-0.39, 0.29) is 29.6 Å². The number of amides is 1. The number of nitriles is 1. The normalized spacial score (nSPS) is 14.2. The molecule has 2 atom stereocenters. The molecule has 0 aliphatic rings. The van der Waals surface area contributed by atoms with Crippen LogP contribution in [-0.4, -0.2) is 52.2 Å². The maximum absolute atomic E-state index is 12.4. The molecule has 0 bridgehead atoms. The molecule has 0 aromatic carbocycles. The third kappa shape index (κ3) is 18.0. The number of hydrogen-bond donors (Lipinski definition) is 2. The molecule has 0 rings (SSSR count). The smallest absolute Gasteiger partial charge is 0.748 e. The van der Waals surface area contributed by atoms with Crippen molar-refractivity contribution in [2.45, 2.75) is 116 Å². The Kier molecular flexibility index (Phi) is 20.7. The van der Waals surface area contributed by atoms with Gasteiger partial charge in [0.25, 0.3) is 0 Å². The van der Waals surface area contributed by atoms with Crippen molar-refractivity contribution in [3.63, 3.8) is 0 Å². The molecule has 0 saturated carbocycles. The van der Waals surface area contributed by atoms with Crippen molar-refractivity contribution in [1.29, 1.82) is 5.26 Å². The van der Waals surface area contributed by atoms with Gasteiger partial charge in [0, 0.05) is 5.54 Å². The summed E-state index contributed by atoms with van der Waals surface area (Å²) in [6.45, 7) is 6.24. The molecular formula is C25H44N2NaO6S2. The van der Waals surface area contributed by atoms with Gasteiger partial charge < -0.3 is 15.0 Å². The second-order valence-corrected chi connectivity index (χ2v) is 12.7. The van der Waals surface area contributed by atoms with Gasteiger partial charge in [-0.1, -0.05) is 77.6 Å². The Balaban J connectivity index is 0. The molecule has 0 aromatic rings. The van der Waals surface area contributed by atoms with E-state index in [9.17, 15) is 32.9 Å². The van der Waals surface area contributed by atoms with Crippen molar-refractivity contribution in [2.24, 2.45) is 5.41 Å². The number of thioether (sulfide) groups is 1. The van der Waals surface area contributed by atoms with Gasteiger partial charge in [0.15, 0.2) is 0 Å². The monoisotopic (exact) mass is 555 g/mol. The third-order valence-corrected chi connectivity index (χ3v) is 8.36. The molecule has 203 valence electrons. The summed E-state index contributed by atoms with van der Waals surface area (Å²) in [5, 5.41) is 20.7. The number of carboxylic acids is 1. The van der Waals surface area contributed by atoms with E-state index in [0.717, 1.165) is 25.7 Å². The fourth-order valence-electron chi connectivity index (χ4n) is 3.86. The number of rotatable bonds is 21. The first kappa shape index (κ1) is 37.8. The molecular weight excluding hydrogens is 511 g/mol. The molecule has 11 heteroatoms. The molecule has 0 spiro atoms. The van der Waals surface area contributed by atoms with Crippen LogP contribution in [0.2, 0.25) is 0 Å². The van der Waals surface area contributed by atoms with Gasteiger partial charge in [-0.15, -0.1) is 11.8 Å². The standard InChI is InChI=1S/C25H45N2O6S2.Na/c1-5-6-7-8-9-10-11-12-13-14-15-16-17-34-21(19-26)25(4,23(29)30)18-22(28)27-24(2,3)20-35(31,32)33;/h18,21H,5-17,20H2,1-4H3,(H,27,28)(H,29,30)(H,31,32,33);/q;+1/p-1. The summed E-state index contributed by atoms with van der Waals surface area (Å²) in [7, 11) is -4.59. The maximum Gasteiger partial charge on any atom is 1.00 e. The number of carboxylic acid groups (broad SMARTS) is 1. The number of nitrogens with one attached hydrogen (secondary N) is 1. The minimum absolute atomic E-state index is 0. The molecule has 8 nitrogen and oxygen atoms in total. The summed E-state index contributed by atoms with van der Waals surface area (Å²) in [5.41, 5.74) is -3.15. The zero-order valence-corrected chi connectivity index (χ0v) is 26.4. The molecule has 0 aliphatic heterocycles. The van der Waals surface area contributed by atoms with Gasteiger partial charge in [-0.2, -0.15) is 5.26 Å². The van der Waals surface area contributed by atoms with Crippen LogP contribution in [0.25, 0.3) is 0 Å². The minimum atomic E-state index is -4.59. The van der Waals surface area contributed by atoms with Gasteiger partial charge in [-0.25, -0.2) is 8.42 Å². The Bertz CT molecular complexity index is 786. The Hall–Kier alpha value is -0.310. The van der Waals surface area contributed by atoms with E-state index in [2.05, 4.69) is 12.2 Å². The number of nitrogens with zero attached hydrogens (tertiary/aromatic N) is 1. The van der Waals surface area contributed by atoms with Gasteiger partial charge in [-0.3, -0.25) is 9.59 Å². The van der Waals surface area contributed by atoms with Crippen LogP contribution < -0.4 is 34.9 Å². The van der Waals surface area contributed by atoms with Gasteiger partial charge in [0.1, 0.15) is 10.7 Å². The number of unbranched alkanes of at least 4 members (excludes halogenated alkanes) is 11. The Morgan fingerprint density at radius 2 is 1.44 bits per heavy atom. The summed E-state index contributed by atoms with van der Waals surface area (Å²) >= 11 is 1.21. The zero-order chi connectivity index (χ0) is 27.0. The molecule has 0 saturated heterocycles. The number of carbonyl (C=O) groups excluding carboxylic acids is 1. The van der Waals surface area contributed by atoms with Crippen LogP contribution in [0.15, 0.2) is 0 Å². The average Bonchev–Trinajstić information content (AvgIpc) is 2.71. The summed E-state index contributed by atoms with van der Waals surface area (Å²) in [4.78, 5) is 24.4.